The predicted octanol–water partition coefficient (Wildman–Crippen LogP) is 3.18. The van der Waals surface area contributed by atoms with Crippen LogP contribution in [0.4, 0.5) is 0 Å². The number of halogens is 1. The lowest BCUT2D eigenvalue weighted by molar-refractivity contribution is 0.0606. The Morgan fingerprint density at radius 3 is 3.14 bits per heavy atom. The summed E-state index contributed by atoms with van der Waals surface area (Å²) in [5.41, 5.74) is 1.01. The first-order chi connectivity index (χ1) is 6.77. The number of hydrogen-bond acceptors (Lipinski definition) is 3. The van der Waals surface area contributed by atoms with Gasteiger partial charge >= 0.3 is 5.97 Å². The van der Waals surface area contributed by atoms with Crippen LogP contribution in [-0.4, -0.2) is 19.0 Å². The van der Waals surface area contributed by atoms with E-state index in [1.165, 1.54) is 18.4 Å². The lowest BCUT2D eigenvalue weighted by Gasteiger charge is -1.91. The van der Waals surface area contributed by atoms with Gasteiger partial charge in [-0.05, 0) is 23.4 Å². The molecule has 0 saturated carbocycles. The average Bonchev–Trinajstić information content (AvgIpc) is 2.66. The Morgan fingerprint density at radius 1 is 1.71 bits per heavy atom. The topological polar surface area (TPSA) is 26.3 Å². The van der Waals surface area contributed by atoms with Crippen molar-refractivity contribution < 1.29 is 9.53 Å². The van der Waals surface area contributed by atoms with Crippen molar-refractivity contribution in [3.63, 3.8) is 0 Å². The maximum absolute atomic E-state index is 11.1. The molecule has 0 atom stereocenters. The van der Waals surface area contributed by atoms with Gasteiger partial charge in [0.25, 0.3) is 0 Å². The Kier molecular flexibility index (Phi) is 4.70. The molecule has 0 spiro atoms. The molecule has 1 aromatic heterocycles. The maximum atomic E-state index is 11.1. The molecule has 0 unspecified atom stereocenters. The molecule has 0 fully saturated rings. The van der Waals surface area contributed by atoms with Gasteiger partial charge in [-0.1, -0.05) is 12.2 Å². The molecule has 0 aliphatic carbocycles. The summed E-state index contributed by atoms with van der Waals surface area (Å²) in [5.74, 6) is 0.330. The number of thiophene rings is 1. The Hall–Kier alpha value is -0.800. The second-order valence-corrected chi connectivity index (χ2v) is 3.91. The van der Waals surface area contributed by atoms with Gasteiger partial charge in [0, 0.05) is 5.88 Å². The molecule has 0 aliphatic heterocycles. The van der Waals surface area contributed by atoms with E-state index in [0.717, 1.165) is 12.0 Å². The van der Waals surface area contributed by atoms with Crippen molar-refractivity contribution in [2.45, 2.75) is 6.42 Å². The second kappa shape index (κ2) is 5.83. The highest BCUT2D eigenvalue weighted by Crippen LogP contribution is 2.16. The van der Waals surface area contributed by atoms with Crippen molar-refractivity contribution in [3.05, 3.63) is 28.0 Å². The largest absolute Gasteiger partial charge is 0.465 e. The van der Waals surface area contributed by atoms with E-state index in [1.807, 2.05) is 17.5 Å². The fraction of sp³-hybridized carbons (Fsp3) is 0.300. The number of alkyl halides is 1. The van der Waals surface area contributed by atoms with Gasteiger partial charge in [-0.25, -0.2) is 4.79 Å². The molecule has 4 heteroatoms. The molecule has 1 aromatic rings. The lowest BCUT2D eigenvalue weighted by atomic mass is 10.2. The van der Waals surface area contributed by atoms with E-state index in [9.17, 15) is 4.79 Å². The van der Waals surface area contributed by atoms with E-state index in [4.69, 9.17) is 11.6 Å². The molecule has 76 valence electrons. The normalized spacial score (nSPS) is 10.7. The molecule has 0 N–H and O–H groups in total. The van der Waals surface area contributed by atoms with Crippen LogP contribution in [0.15, 0.2) is 17.5 Å². The van der Waals surface area contributed by atoms with Crippen LogP contribution in [0.1, 0.15) is 21.7 Å². The van der Waals surface area contributed by atoms with Crippen molar-refractivity contribution >= 4 is 35.0 Å². The van der Waals surface area contributed by atoms with Crippen LogP contribution >= 0.6 is 22.9 Å². The molecule has 0 radical (unpaired) electrons. The van der Waals surface area contributed by atoms with Gasteiger partial charge in [0.2, 0.25) is 0 Å². The first-order valence-electron chi connectivity index (χ1n) is 4.17. The Morgan fingerprint density at radius 2 is 2.50 bits per heavy atom. The van der Waals surface area contributed by atoms with E-state index in [2.05, 4.69) is 4.74 Å². The summed E-state index contributed by atoms with van der Waals surface area (Å²) >= 11 is 6.90. The van der Waals surface area contributed by atoms with Crippen LogP contribution in [0.25, 0.3) is 6.08 Å². The van der Waals surface area contributed by atoms with Crippen LogP contribution in [0.3, 0.4) is 0 Å². The first-order valence-corrected chi connectivity index (χ1v) is 5.58. The van der Waals surface area contributed by atoms with Crippen molar-refractivity contribution in [2.75, 3.05) is 13.0 Å². The van der Waals surface area contributed by atoms with Gasteiger partial charge in [-0.15, -0.1) is 22.9 Å². The molecule has 2 nitrogen and oxygen atoms in total. The highest BCUT2D eigenvalue weighted by atomic mass is 35.5. The zero-order valence-electron chi connectivity index (χ0n) is 7.83. The lowest BCUT2D eigenvalue weighted by Crippen LogP contribution is -1.96. The molecule has 14 heavy (non-hydrogen) atoms. The minimum Gasteiger partial charge on any atom is -0.465 e. The molecule has 1 rings (SSSR count). The van der Waals surface area contributed by atoms with E-state index in [0.29, 0.717) is 10.8 Å². The van der Waals surface area contributed by atoms with Crippen molar-refractivity contribution in [2.24, 2.45) is 0 Å². The molecule has 1 heterocycles. The molecule has 0 amide bonds. The number of ether oxygens (including phenoxy) is 1. The number of hydrogen-bond donors (Lipinski definition) is 0. The van der Waals surface area contributed by atoms with E-state index in [-0.39, 0.29) is 5.97 Å². The average molecular weight is 231 g/mol. The van der Waals surface area contributed by atoms with Crippen LogP contribution in [0.2, 0.25) is 0 Å². The van der Waals surface area contributed by atoms with Crippen LogP contribution in [0, 0.1) is 0 Å². The molecule has 0 bridgehead atoms. The highest BCUT2D eigenvalue weighted by Gasteiger charge is 2.06. The van der Waals surface area contributed by atoms with Crippen LogP contribution < -0.4 is 0 Å². The summed E-state index contributed by atoms with van der Waals surface area (Å²) in [6.07, 6.45) is 4.77. The van der Waals surface area contributed by atoms with E-state index in [1.54, 1.807) is 6.07 Å². The van der Waals surface area contributed by atoms with Crippen molar-refractivity contribution in [3.8, 4) is 0 Å². The smallest absolute Gasteiger partial charge is 0.348 e. The summed E-state index contributed by atoms with van der Waals surface area (Å²) in [6.45, 7) is 0. The Bertz CT molecular complexity index is 331. The number of esters is 1. The summed E-state index contributed by atoms with van der Waals surface area (Å²) in [6, 6.07) is 1.81. The molecular formula is C10H11ClO2S. The van der Waals surface area contributed by atoms with Gasteiger partial charge in [0.05, 0.1) is 7.11 Å². The summed E-state index contributed by atoms with van der Waals surface area (Å²) in [7, 11) is 1.38. The van der Waals surface area contributed by atoms with Gasteiger partial charge in [0.1, 0.15) is 4.88 Å². The monoisotopic (exact) mass is 230 g/mol. The summed E-state index contributed by atoms with van der Waals surface area (Å²) in [5, 5.41) is 1.91. The van der Waals surface area contributed by atoms with E-state index >= 15 is 0 Å². The van der Waals surface area contributed by atoms with E-state index < -0.39 is 0 Å². The number of carbonyl (C=O) groups excluding carboxylic acids is 1. The van der Waals surface area contributed by atoms with Gasteiger partial charge in [-0.3, -0.25) is 0 Å². The summed E-state index contributed by atoms with van der Waals surface area (Å²) in [4.78, 5) is 11.7. The number of rotatable bonds is 4. The number of methoxy groups -OCH3 is 1. The third-order valence-electron chi connectivity index (χ3n) is 1.59. The standard InChI is InChI=1S/C10H11ClO2S/c1-13-10(12)9-6-8(7-14-9)4-2-3-5-11/h2,4,6-7H,3,5H2,1H3. The van der Waals surface area contributed by atoms with Crippen LogP contribution in [0.5, 0.6) is 0 Å². The van der Waals surface area contributed by atoms with Crippen LogP contribution in [-0.2, 0) is 4.74 Å². The molecular weight excluding hydrogens is 220 g/mol. The third kappa shape index (κ3) is 3.16. The van der Waals surface area contributed by atoms with Gasteiger partial charge in [-0.2, -0.15) is 0 Å². The fourth-order valence-corrected chi connectivity index (χ4v) is 1.85. The highest BCUT2D eigenvalue weighted by molar-refractivity contribution is 7.12. The molecule has 0 aromatic carbocycles. The Labute approximate surface area is 92.2 Å². The maximum Gasteiger partial charge on any atom is 0.348 e. The summed E-state index contributed by atoms with van der Waals surface area (Å²) < 4.78 is 4.60. The Balaban J connectivity index is 2.63. The quantitative estimate of drug-likeness (QED) is 0.587. The SMILES string of the molecule is COC(=O)c1cc(C=CCCCl)cs1. The molecule has 0 saturated heterocycles. The zero-order chi connectivity index (χ0) is 10.4. The third-order valence-corrected chi connectivity index (χ3v) is 2.74. The fourth-order valence-electron chi connectivity index (χ4n) is 0.928. The van der Waals surface area contributed by atoms with Gasteiger partial charge in [0.15, 0.2) is 0 Å². The van der Waals surface area contributed by atoms with Crippen molar-refractivity contribution in [1.29, 1.82) is 0 Å². The molecule has 0 aliphatic rings. The van der Waals surface area contributed by atoms with Crippen molar-refractivity contribution in [1.82, 2.24) is 0 Å². The zero-order valence-corrected chi connectivity index (χ0v) is 9.40. The predicted molar refractivity (Wildman–Crippen MR) is 60.0 cm³/mol. The number of allylic oxidation sites excluding steroid dienone is 1. The minimum absolute atomic E-state index is 0.285. The second-order valence-electron chi connectivity index (χ2n) is 2.62. The van der Waals surface area contributed by atoms with Gasteiger partial charge < -0.3 is 4.74 Å². The number of carbonyl (C=O) groups is 1. The first kappa shape index (κ1) is 11.3. The minimum atomic E-state index is -0.285.